The van der Waals surface area contributed by atoms with Gasteiger partial charge in [0.1, 0.15) is 0 Å². The predicted molar refractivity (Wildman–Crippen MR) is 75.7 cm³/mol. The van der Waals surface area contributed by atoms with E-state index in [-0.39, 0.29) is 11.9 Å². The highest BCUT2D eigenvalue weighted by Gasteiger charge is 2.12. The highest BCUT2D eigenvalue weighted by atomic mass is 35.5. The second-order valence-electron chi connectivity index (χ2n) is 4.54. The molecule has 0 spiro atoms. The molecule has 1 amide bonds. The van der Waals surface area contributed by atoms with Crippen molar-refractivity contribution in [1.29, 1.82) is 0 Å². The average molecular weight is 269 g/mol. The van der Waals surface area contributed by atoms with Gasteiger partial charge in [-0.15, -0.1) is 0 Å². The van der Waals surface area contributed by atoms with Crippen molar-refractivity contribution in [2.24, 2.45) is 0 Å². The zero-order valence-corrected chi connectivity index (χ0v) is 12.0. The van der Waals surface area contributed by atoms with Crippen molar-refractivity contribution in [3.8, 4) is 0 Å². The Kier molecular flexibility index (Phi) is 6.16. The lowest BCUT2D eigenvalue weighted by Gasteiger charge is -2.20. The van der Waals surface area contributed by atoms with Crippen LogP contribution < -0.4 is 5.32 Å². The third-order valence-corrected chi connectivity index (χ3v) is 3.00. The molecule has 0 aliphatic heterocycles. The number of nitrogens with zero attached hydrogens (tertiary/aromatic N) is 1. The van der Waals surface area contributed by atoms with Crippen LogP contribution in [0, 0.1) is 0 Å². The lowest BCUT2D eigenvalue weighted by Crippen LogP contribution is -2.34. The highest BCUT2D eigenvalue weighted by Crippen LogP contribution is 2.12. The molecular formula is C14H21ClN2O. The molecule has 1 atom stereocenters. The molecule has 0 saturated heterocycles. The summed E-state index contributed by atoms with van der Waals surface area (Å²) in [6.07, 6.45) is 0.519. The van der Waals surface area contributed by atoms with Crippen LogP contribution in [0.3, 0.4) is 0 Å². The van der Waals surface area contributed by atoms with Gasteiger partial charge in [-0.1, -0.05) is 30.7 Å². The van der Waals surface area contributed by atoms with Crippen molar-refractivity contribution in [3.05, 3.63) is 34.9 Å². The SMILES string of the molecule is CCNC(C)CC(=O)N(C)Cc1cccc(Cl)c1. The summed E-state index contributed by atoms with van der Waals surface area (Å²) in [5.41, 5.74) is 1.05. The van der Waals surface area contributed by atoms with Crippen LogP contribution in [0.1, 0.15) is 25.8 Å². The van der Waals surface area contributed by atoms with Gasteiger partial charge >= 0.3 is 0 Å². The van der Waals surface area contributed by atoms with Gasteiger partial charge in [0.15, 0.2) is 0 Å². The van der Waals surface area contributed by atoms with Gasteiger partial charge in [0, 0.05) is 31.1 Å². The van der Waals surface area contributed by atoms with Gasteiger partial charge in [-0.2, -0.15) is 0 Å². The van der Waals surface area contributed by atoms with Gasteiger partial charge in [0.2, 0.25) is 5.91 Å². The minimum atomic E-state index is 0.142. The highest BCUT2D eigenvalue weighted by molar-refractivity contribution is 6.30. The van der Waals surface area contributed by atoms with Gasteiger partial charge in [0.05, 0.1) is 0 Å². The molecule has 0 fully saturated rings. The Morgan fingerprint density at radius 2 is 2.22 bits per heavy atom. The van der Waals surface area contributed by atoms with Gasteiger partial charge in [-0.3, -0.25) is 4.79 Å². The predicted octanol–water partition coefficient (Wildman–Crippen LogP) is 2.69. The molecule has 0 radical (unpaired) electrons. The maximum Gasteiger partial charge on any atom is 0.224 e. The Morgan fingerprint density at radius 1 is 1.50 bits per heavy atom. The molecule has 1 aromatic rings. The molecule has 0 bridgehead atoms. The normalized spacial score (nSPS) is 12.2. The maximum atomic E-state index is 12.0. The van der Waals surface area contributed by atoms with E-state index >= 15 is 0 Å². The van der Waals surface area contributed by atoms with Crippen LogP contribution >= 0.6 is 11.6 Å². The van der Waals surface area contributed by atoms with Crippen LogP contribution in [0.4, 0.5) is 0 Å². The Bertz CT molecular complexity index is 395. The molecule has 0 aliphatic rings. The quantitative estimate of drug-likeness (QED) is 0.860. The Balaban J connectivity index is 2.49. The van der Waals surface area contributed by atoms with E-state index in [4.69, 9.17) is 11.6 Å². The third-order valence-electron chi connectivity index (χ3n) is 2.77. The second-order valence-corrected chi connectivity index (χ2v) is 4.98. The number of benzene rings is 1. The van der Waals surface area contributed by atoms with Gasteiger partial charge in [-0.25, -0.2) is 0 Å². The van der Waals surface area contributed by atoms with Crippen LogP contribution in [-0.4, -0.2) is 30.4 Å². The number of rotatable bonds is 6. The summed E-state index contributed by atoms with van der Waals surface area (Å²) in [6.45, 7) is 5.54. The van der Waals surface area contributed by atoms with E-state index in [1.54, 1.807) is 4.90 Å². The first kappa shape index (κ1) is 15.0. The van der Waals surface area contributed by atoms with E-state index in [0.29, 0.717) is 18.0 Å². The lowest BCUT2D eigenvalue weighted by molar-refractivity contribution is -0.130. The standard InChI is InChI=1S/C14H21ClN2O/c1-4-16-11(2)8-14(18)17(3)10-12-6-5-7-13(15)9-12/h5-7,9,11,16H,4,8,10H2,1-3H3. The Labute approximate surface area is 114 Å². The number of hydrogen-bond donors (Lipinski definition) is 1. The third kappa shape index (κ3) is 5.07. The van der Waals surface area contributed by atoms with Crippen molar-refractivity contribution < 1.29 is 4.79 Å². The first-order valence-electron chi connectivity index (χ1n) is 6.24. The first-order valence-corrected chi connectivity index (χ1v) is 6.62. The molecule has 0 heterocycles. The van der Waals surface area contributed by atoms with E-state index in [0.717, 1.165) is 12.1 Å². The number of amides is 1. The molecule has 1 unspecified atom stereocenters. The molecule has 1 rings (SSSR count). The molecular weight excluding hydrogens is 248 g/mol. The molecule has 18 heavy (non-hydrogen) atoms. The molecule has 4 heteroatoms. The zero-order valence-electron chi connectivity index (χ0n) is 11.2. The Morgan fingerprint density at radius 3 is 2.83 bits per heavy atom. The fraction of sp³-hybridized carbons (Fsp3) is 0.500. The topological polar surface area (TPSA) is 32.3 Å². The van der Waals surface area contributed by atoms with E-state index in [2.05, 4.69) is 5.32 Å². The van der Waals surface area contributed by atoms with Crippen LogP contribution in [0.15, 0.2) is 24.3 Å². The average Bonchev–Trinajstić information content (AvgIpc) is 2.29. The molecule has 100 valence electrons. The van der Waals surface area contributed by atoms with Crippen LogP contribution in [0.5, 0.6) is 0 Å². The van der Waals surface area contributed by atoms with Crippen LogP contribution in [0.2, 0.25) is 5.02 Å². The van der Waals surface area contributed by atoms with Crippen molar-refractivity contribution in [3.63, 3.8) is 0 Å². The van der Waals surface area contributed by atoms with Gasteiger partial charge in [-0.05, 0) is 31.2 Å². The van der Waals surface area contributed by atoms with Crippen molar-refractivity contribution in [2.45, 2.75) is 32.9 Å². The number of carbonyl (C=O) groups excluding carboxylic acids is 1. The minimum Gasteiger partial charge on any atom is -0.341 e. The monoisotopic (exact) mass is 268 g/mol. The van der Waals surface area contributed by atoms with E-state index in [1.807, 2.05) is 45.2 Å². The number of nitrogens with one attached hydrogen (secondary N) is 1. The van der Waals surface area contributed by atoms with E-state index in [1.165, 1.54) is 0 Å². The molecule has 1 N–H and O–H groups in total. The van der Waals surface area contributed by atoms with Crippen LogP contribution in [0.25, 0.3) is 0 Å². The van der Waals surface area contributed by atoms with Gasteiger partial charge < -0.3 is 10.2 Å². The summed E-state index contributed by atoms with van der Waals surface area (Å²) < 4.78 is 0. The second kappa shape index (κ2) is 7.39. The summed E-state index contributed by atoms with van der Waals surface area (Å²) in [7, 11) is 1.82. The summed E-state index contributed by atoms with van der Waals surface area (Å²) in [5, 5.41) is 3.94. The summed E-state index contributed by atoms with van der Waals surface area (Å²) in [6, 6.07) is 7.81. The van der Waals surface area contributed by atoms with Crippen molar-refractivity contribution in [1.82, 2.24) is 10.2 Å². The molecule has 1 aromatic carbocycles. The van der Waals surface area contributed by atoms with Crippen molar-refractivity contribution >= 4 is 17.5 Å². The van der Waals surface area contributed by atoms with E-state index < -0.39 is 0 Å². The number of hydrogen-bond acceptors (Lipinski definition) is 2. The molecule has 3 nitrogen and oxygen atoms in total. The van der Waals surface area contributed by atoms with E-state index in [9.17, 15) is 4.79 Å². The fourth-order valence-corrected chi connectivity index (χ4v) is 2.05. The van der Waals surface area contributed by atoms with Gasteiger partial charge in [0.25, 0.3) is 0 Å². The zero-order chi connectivity index (χ0) is 13.5. The van der Waals surface area contributed by atoms with Crippen LogP contribution in [-0.2, 0) is 11.3 Å². The summed E-state index contributed by atoms with van der Waals surface area (Å²) >= 11 is 5.92. The molecule has 0 saturated carbocycles. The smallest absolute Gasteiger partial charge is 0.224 e. The summed E-state index contributed by atoms with van der Waals surface area (Å²) in [5.74, 6) is 0.142. The number of halogens is 1. The first-order chi connectivity index (χ1) is 8.52. The molecule has 0 aromatic heterocycles. The molecule has 0 aliphatic carbocycles. The maximum absolute atomic E-state index is 12.0. The largest absolute Gasteiger partial charge is 0.341 e. The fourth-order valence-electron chi connectivity index (χ4n) is 1.84. The number of carbonyl (C=O) groups is 1. The summed E-state index contributed by atoms with van der Waals surface area (Å²) in [4.78, 5) is 13.7. The lowest BCUT2D eigenvalue weighted by atomic mass is 10.2. The van der Waals surface area contributed by atoms with Crippen molar-refractivity contribution in [2.75, 3.05) is 13.6 Å². The Hall–Kier alpha value is -1.06. The minimum absolute atomic E-state index is 0.142.